The molecule has 0 unspecified atom stereocenters. The van der Waals surface area contributed by atoms with E-state index in [0.717, 1.165) is 34.5 Å². The van der Waals surface area contributed by atoms with Crippen molar-refractivity contribution in [3.63, 3.8) is 0 Å². The molecule has 0 saturated heterocycles. The smallest absolute Gasteiger partial charge is 0.164 e. The third-order valence-electron chi connectivity index (χ3n) is 13.4. The van der Waals surface area contributed by atoms with Crippen molar-refractivity contribution in [3.8, 4) is 51.0 Å². The molecule has 2 heterocycles. The van der Waals surface area contributed by atoms with Crippen LogP contribution in [-0.4, -0.2) is 19.5 Å². The lowest BCUT2D eigenvalue weighted by atomic mass is 9.43. The maximum atomic E-state index is 5.46. The van der Waals surface area contributed by atoms with E-state index in [2.05, 4.69) is 150 Å². The molecule has 4 fully saturated rings. The molecular weight excluding hydrogens is 645 g/mol. The van der Waals surface area contributed by atoms with Gasteiger partial charge in [0.2, 0.25) is 0 Å². The fourth-order valence-corrected chi connectivity index (χ4v) is 11.7. The van der Waals surface area contributed by atoms with Crippen LogP contribution in [0.5, 0.6) is 0 Å². The monoisotopic (exact) mass is 682 g/mol. The summed E-state index contributed by atoms with van der Waals surface area (Å²) < 4.78 is 2.36. The summed E-state index contributed by atoms with van der Waals surface area (Å²) in [6.45, 7) is 0. The van der Waals surface area contributed by atoms with Crippen molar-refractivity contribution < 1.29 is 0 Å². The zero-order chi connectivity index (χ0) is 34.7. The lowest BCUT2D eigenvalue weighted by Crippen LogP contribution is -2.55. The normalized spacial score (nSPS) is 23.5. The largest absolute Gasteiger partial charge is 0.309 e. The summed E-state index contributed by atoms with van der Waals surface area (Å²) in [5.74, 6) is 5.26. The van der Waals surface area contributed by atoms with E-state index in [-0.39, 0.29) is 5.41 Å². The molecule has 0 amide bonds. The van der Waals surface area contributed by atoms with Crippen LogP contribution in [0.4, 0.5) is 0 Å². The second-order valence-corrected chi connectivity index (χ2v) is 16.0. The molecule has 5 aliphatic rings. The fraction of sp³-hybridized carbons (Fsp3) is 0.204. The molecule has 0 radical (unpaired) electrons. The first-order valence-corrected chi connectivity index (χ1v) is 19.4. The third kappa shape index (κ3) is 4.15. The second kappa shape index (κ2) is 11.1. The van der Waals surface area contributed by atoms with Crippen LogP contribution in [0, 0.1) is 23.7 Å². The lowest BCUT2D eigenvalue weighted by Gasteiger charge is -2.61. The number of hydrogen-bond acceptors (Lipinski definition) is 3. The van der Waals surface area contributed by atoms with Crippen LogP contribution < -0.4 is 0 Å². The molecule has 1 spiro atoms. The Kier molecular flexibility index (Phi) is 6.20. The summed E-state index contributed by atoms with van der Waals surface area (Å²) in [7, 11) is 0. The fourth-order valence-electron chi connectivity index (χ4n) is 11.7. The van der Waals surface area contributed by atoms with E-state index in [9.17, 15) is 0 Å². The number of rotatable bonds is 4. The van der Waals surface area contributed by atoms with E-state index in [1.807, 2.05) is 0 Å². The van der Waals surface area contributed by atoms with E-state index in [1.165, 1.54) is 76.2 Å². The number of fused-ring (bicyclic) bond motifs is 6. The Morgan fingerprint density at radius 1 is 0.453 bits per heavy atom. The zero-order valence-electron chi connectivity index (χ0n) is 29.5. The second-order valence-electron chi connectivity index (χ2n) is 16.0. The maximum absolute atomic E-state index is 5.46. The molecule has 5 aliphatic carbocycles. The van der Waals surface area contributed by atoms with Gasteiger partial charge in [0.15, 0.2) is 17.5 Å². The Balaban J connectivity index is 1.10. The average Bonchev–Trinajstić information content (AvgIpc) is 3.71. The van der Waals surface area contributed by atoms with Crippen molar-refractivity contribution in [1.29, 1.82) is 0 Å². The van der Waals surface area contributed by atoms with Gasteiger partial charge in [-0.25, -0.2) is 15.0 Å². The third-order valence-corrected chi connectivity index (χ3v) is 13.4. The van der Waals surface area contributed by atoms with Gasteiger partial charge in [-0.1, -0.05) is 109 Å². The standard InChI is InChI=1S/C49H38N4/c1-3-12-32(13-4-1)46-50-47(33-22-23-44-41(29-33)38-17-8-10-21-43(38)53(44)36-14-5-2-6-15-36)52-48(51-46)40-19-11-18-39-37-16-7-9-20-42(37)49(45(39)40)34-25-30-24-31(27-34)28-35(49)26-30/h1-23,29-31,34-35H,24-28H2. The van der Waals surface area contributed by atoms with Crippen LogP contribution in [0.3, 0.4) is 0 Å². The molecule has 4 saturated carbocycles. The van der Waals surface area contributed by atoms with E-state index >= 15 is 0 Å². The minimum atomic E-state index is 0.00776. The highest BCUT2D eigenvalue weighted by Gasteiger charge is 2.62. The summed E-state index contributed by atoms with van der Waals surface area (Å²) in [4.78, 5) is 16.1. The average molecular weight is 683 g/mol. The van der Waals surface area contributed by atoms with Gasteiger partial charge in [0, 0.05) is 38.6 Å². The Morgan fingerprint density at radius 3 is 1.85 bits per heavy atom. The molecule has 13 rings (SSSR count). The molecular formula is C49H38N4. The first-order chi connectivity index (χ1) is 26.2. The van der Waals surface area contributed by atoms with E-state index in [4.69, 9.17) is 15.0 Å². The molecule has 0 aliphatic heterocycles. The molecule has 2 aromatic heterocycles. The van der Waals surface area contributed by atoms with Gasteiger partial charge in [-0.2, -0.15) is 0 Å². The van der Waals surface area contributed by atoms with E-state index < -0.39 is 0 Å². The Hall–Kier alpha value is -5.87. The van der Waals surface area contributed by atoms with Gasteiger partial charge in [-0.3, -0.25) is 0 Å². The Morgan fingerprint density at radius 2 is 1.06 bits per heavy atom. The summed E-state index contributed by atoms with van der Waals surface area (Å²) in [5, 5.41) is 2.40. The summed E-state index contributed by atoms with van der Waals surface area (Å²) in [6, 6.07) is 52.7. The van der Waals surface area contributed by atoms with Crippen LogP contribution >= 0.6 is 0 Å². The molecule has 0 atom stereocenters. The zero-order valence-corrected chi connectivity index (χ0v) is 29.5. The van der Waals surface area contributed by atoms with Crippen LogP contribution in [0.15, 0.2) is 146 Å². The minimum Gasteiger partial charge on any atom is -0.309 e. The summed E-state index contributed by atoms with van der Waals surface area (Å²) in [6.07, 6.45) is 6.78. The maximum Gasteiger partial charge on any atom is 0.164 e. The van der Waals surface area contributed by atoms with Crippen LogP contribution in [-0.2, 0) is 5.41 Å². The van der Waals surface area contributed by atoms with Crippen molar-refractivity contribution >= 4 is 21.8 Å². The number of nitrogens with zero attached hydrogens (tertiary/aromatic N) is 4. The summed E-state index contributed by atoms with van der Waals surface area (Å²) >= 11 is 0. The number of benzene rings is 6. The minimum absolute atomic E-state index is 0.00776. The Labute approximate surface area is 309 Å². The number of para-hydroxylation sites is 2. The molecule has 4 nitrogen and oxygen atoms in total. The first-order valence-electron chi connectivity index (χ1n) is 19.4. The highest BCUT2D eigenvalue weighted by molar-refractivity contribution is 6.10. The van der Waals surface area contributed by atoms with Crippen molar-refractivity contribution in [2.24, 2.45) is 23.7 Å². The molecule has 0 N–H and O–H groups in total. The lowest BCUT2D eigenvalue weighted by molar-refractivity contribution is -0.0397. The van der Waals surface area contributed by atoms with Crippen LogP contribution in [0.1, 0.15) is 43.2 Å². The van der Waals surface area contributed by atoms with Gasteiger partial charge in [0.25, 0.3) is 0 Å². The van der Waals surface area contributed by atoms with Crippen LogP contribution in [0.2, 0.25) is 0 Å². The predicted octanol–water partition coefficient (Wildman–Crippen LogP) is 11.7. The topological polar surface area (TPSA) is 43.6 Å². The van der Waals surface area contributed by atoms with Gasteiger partial charge >= 0.3 is 0 Å². The van der Waals surface area contributed by atoms with Gasteiger partial charge in [0.1, 0.15) is 0 Å². The summed E-state index contributed by atoms with van der Waals surface area (Å²) in [5.41, 5.74) is 12.5. The molecule has 4 bridgehead atoms. The van der Waals surface area contributed by atoms with E-state index in [0.29, 0.717) is 23.5 Å². The molecule has 254 valence electrons. The molecule has 4 heteroatoms. The van der Waals surface area contributed by atoms with Crippen molar-refractivity contribution in [2.75, 3.05) is 0 Å². The Bertz CT molecular complexity index is 2720. The van der Waals surface area contributed by atoms with Crippen molar-refractivity contribution in [2.45, 2.75) is 37.5 Å². The van der Waals surface area contributed by atoms with Gasteiger partial charge < -0.3 is 4.57 Å². The van der Waals surface area contributed by atoms with Gasteiger partial charge in [0.05, 0.1) is 11.0 Å². The number of hydrogen-bond donors (Lipinski definition) is 0. The highest BCUT2D eigenvalue weighted by atomic mass is 15.0. The highest BCUT2D eigenvalue weighted by Crippen LogP contribution is 2.70. The van der Waals surface area contributed by atoms with Crippen molar-refractivity contribution in [3.05, 3.63) is 157 Å². The first kappa shape index (κ1) is 29.7. The molecule has 6 aromatic carbocycles. The molecule has 53 heavy (non-hydrogen) atoms. The van der Waals surface area contributed by atoms with Gasteiger partial charge in [-0.05, 0) is 114 Å². The van der Waals surface area contributed by atoms with Crippen molar-refractivity contribution in [1.82, 2.24) is 19.5 Å². The van der Waals surface area contributed by atoms with E-state index in [1.54, 1.807) is 5.56 Å². The SMILES string of the molecule is c1ccc(-c2nc(-c3ccc4c(c3)c3ccccc3n4-c3ccccc3)nc(-c3cccc4c3C3(c5ccccc5-4)C4CC5CC(C4)CC3C5)n2)cc1. The van der Waals surface area contributed by atoms with Gasteiger partial charge in [-0.15, -0.1) is 0 Å². The number of aromatic nitrogens is 4. The quantitative estimate of drug-likeness (QED) is 0.186. The van der Waals surface area contributed by atoms with Crippen LogP contribution in [0.25, 0.3) is 72.8 Å². The molecule has 8 aromatic rings. The predicted molar refractivity (Wildman–Crippen MR) is 214 cm³/mol.